The van der Waals surface area contributed by atoms with Crippen molar-refractivity contribution in [1.82, 2.24) is 0 Å². The molecular formula is C6H13NO2. The van der Waals surface area contributed by atoms with E-state index in [9.17, 15) is 4.79 Å². The van der Waals surface area contributed by atoms with Crippen LogP contribution in [0.2, 0.25) is 0 Å². The molecule has 3 N–H and O–H groups in total. The second-order valence-corrected chi connectivity index (χ2v) is 2.21. The molecular weight excluding hydrogens is 118 g/mol. The summed E-state index contributed by atoms with van der Waals surface area (Å²) in [6.45, 7) is 3.53. The lowest BCUT2D eigenvalue weighted by Gasteiger charge is -2.12. The number of rotatable bonds is 3. The number of hydrogen-bond acceptors (Lipinski definition) is 2. The second kappa shape index (κ2) is 3.45. The average molecular weight is 131 g/mol. The summed E-state index contributed by atoms with van der Waals surface area (Å²) in [4.78, 5) is 10.3. The van der Waals surface area contributed by atoms with Crippen LogP contribution in [-0.2, 0) is 4.79 Å². The highest BCUT2D eigenvalue weighted by molar-refractivity contribution is 5.70. The van der Waals surface area contributed by atoms with Crippen molar-refractivity contribution in [3.8, 4) is 0 Å². The SMILES string of the molecule is CC[C@@H](C(=O)O)[C@@H](C)N. The zero-order chi connectivity index (χ0) is 7.44. The van der Waals surface area contributed by atoms with Crippen LogP contribution >= 0.6 is 0 Å². The zero-order valence-electron chi connectivity index (χ0n) is 5.79. The summed E-state index contributed by atoms with van der Waals surface area (Å²) in [7, 11) is 0. The van der Waals surface area contributed by atoms with E-state index in [-0.39, 0.29) is 12.0 Å². The van der Waals surface area contributed by atoms with E-state index in [0.29, 0.717) is 6.42 Å². The van der Waals surface area contributed by atoms with E-state index < -0.39 is 5.97 Å². The third kappa shape index (κ3) is 2.46. The molecule has 9 heavy (non-hydrogen) atoms. The fraction of sp³-hybridized carbons (Fsp3) is 0.833. The van der Waals surface area contributed by atoms with Gasteiger partial charge in [-0.25, -0.2) is 0 Å². The zero-order valence-corrected chi connectivity index (χ0v) is 5.79. The lowest BCUT2D eigenvalue weighted by molar-refractivity contribution is -0.142. The van der Waals surface area contributed by atoms with Crippen LogP contribution in [0.1, 0.15) is 20.3 Å². The first-order valence-electron chi connectivity index (χ1n) is 3.08. The van der Waals surface area contributed by atoms with Gasteiger partial charge in [-0.3, -0.25) is 4.79 Å². The van der Waals surface area contributed by atoms with E-state index >= 15 is 0 Å². The maximum absolute atomic E-state index is 10.3. The summed E-state index contributed by atoms with van der Waals surface area (Å²) in [5.41, 5.74) is 5.37. The average Bonchev–Trinajstić information content (AvgIpc) is 1.64. The normalized spacial score (nSPS) is 16.8. The smallest absolute Gasteiger partial charge is 0.308 e. The molecule has 2 atom stereocenters. The third-order valence-corrected chi connectivity index (χ3v) is 1.39. The highest BCUT2D eigenvalue weighted by Crippen LogP contribution is 2.05. The molecule has 0 radical (unpaired) electrons. The van der Waals surface area contributed by atoms with Crippen LogP contribution in [0.5, 0.6) is 0 Å². The first kappa shape index (κ1) is 8.43. The first-order valence-corrected chi connectivity index (χ1v) is 3.08. The van der Waals surface area contributed by atoms with Crippen LogP contribution in [0, 0.1) is 5.92 Å². The Labute approximate surface area is 54.9 Å². The number of hydrogen-bond donors (Lipinski definition) is 2. The number of aliphatic carboxylic acids is 1. The molecule has 3 heteroatoms. The van der Waals surface area contributed by atoms with Crippen molar-refractivity contribution in [1.29, 1.82) is 0 Å². The molecule has 0 unspecified atom stereocenters. The van der Waals surface area contributed by atoms with Gasteiger partial charge in [0, 0.05) is 6.04 Å². The summed E-state index contributed by atoms with van der Waals surface area (Å²) in [6.07, 6.45) is 0.604. The molecule has 0 saturated heterocycles. The van der Waals surface area contributed by atoms with Gasteiger partial charge in [0.05, 0.1) is 5.92 Å². The molecule has 0 aromatic rings. The molecule has 0 aromatic carbocycles. The Kier molecular flexibility index (Phi) is 3.24. The van der Waals surface area contributed by atoms with E-state index in [0.717, 1.165) is 0 Å². The standard InChI is InChI=1S/C6H13NO2/c1-3-5(4(2)7)6(8)9/h4-5H,3,7H2,1-2H3,(H,8,9)/t4-,5-/m1/s1. The fourth-order valence-corrected chi connectivity index (χ4v) is 0.771. The Morgan fingerprint density at radius 1 is 1.78 bits per heavy atom. The Morgan fingerprint density at radius 3 is 2.22 bits per heavy atom. The topological polar surface area (TPSA) is 63.3 Å². The molecule has 54 valence electrons. The highest BCUT2D eigenvalue weighted by Gasteiger charge is 2.18. The van der Waals surface area contributed by atoms with Crippen LogP contribution in [0.4, 0.5) is 0 Å². The predicted octanol–water partition coefficient (Wildman–Crippen LogP) is 0.444. The maximum atomic E-state index is 10.3. The fourth-order valence-electron chi connectivity index (χ4n) is 0.771. The van der Waals surface area contributed by atoms with Gasteiger partial charge in [-0.05, 0) is 13.3 Å². The molecule has 0 aliphatic rings. The van der Waals surface area contributed by atoms with Crippen LogP contribution < -0.4 is 5.73 Å². The third-order valence-electron chi connectivity index (χ3n) is 1.39. The van der Waals surface area contributed by atoms with Crippen molar-refractivity contribution >= 4 is 5.97 Å². The summed E-state index contributed by atoms with van der Waals surface area (Å²) >= 11 is 0. The van der Waals surface area contributed by atoms with E-state index in [1.807, 2.05) is 6.92 Å². The van der Waals surface area contributed by atoms with Crippen molar-refractivity contribution in [2.24, 2.45) is 11.7 Å². The quantitative estimate of drug-likeness (QED) is 0.584. The van der Waals surface area contributed by atoms with Crippen molar-refractivity contribution in [3.05, 3.63) is 0 Å². The maximum Gasteiger partial charge on any atom is 0.308 e. The van der Waals surface area contributed by atoms with Crippen LogP contribution in [0.15, 0.2) is 0 Å². The summed E-state index contributed by atoms with van der Waals surface area (Å²) < 4.78 is 0. The summed E-state index contributed by atoms with van der Waals surface area (Å²) in [5.74, 6) is -1.18. The highest BCUT2D eigenvalue weighted by atomic mass is 16.4. The van der Waals surface area contributed by atoms with Gasteiger partial charge >= 0.3 is 5.97 Å². The largest absolute Gasteiger partial charge is 0.481 e. The Morgan fingerprint density at radius 2 is 2.22 bits per heavy atom. The first-order chi connectivity index (χ1) is 4.09. The minimum Gasteiger partial charge on any atom is -0.481 e. The van der Waals surface area contributed by atoms with Crippen LogP contribution in [0.25, 0.3) is 0 Å². The molecule has 0 heterocycles. The number of carbonyl (C=O) groups is 1. The molecule has 0 fully saturated rings. The van der Waals surface area contributed by atoms with Gasteiger partial charge < -0.3 is 10.8 Å². The second-order valence-electron chi connectivity index (χ2n) is 2.21. The Balaban J connectivity index is 3.83. The Hall–Kier alpha value is -0.570. The van der Waals surface area contributed by atoms with Gasteiger partial charge in [-0.15, -0.1) is 0 Å². The minimum atomic E-state index is -0.799. The van der Waals surface area contributed by atoms with E-state index in [1.165, 1.54) is 0 Å². The van der Waals surface area contributed by atoms with Gasteiger partial charge in [-0.1, -0.05) is 6.92 Å². The van der Waals surface area contributed by atoms with E-state index in [1.54, 1.807) is 6.92 Å². The molecule has 0 amide bonds. The molecule has 0 saturated carbocycles. The molecule has 0 spiro atoms. The molecule has 0 rings (SSSR count). The summed E-state index contributed by atoms with van der Waals surface area (Å²) in [5, 5.41) is 8.46. The van der Waals surface area contributed by atoms with Gasteiger partial charge in [0.2, 0.25) is 0 Å². The van der Waals surface area contributed by atoms with E-state index in [2.05, 4.69) is 0 Å². The number of nitrogens with two attached hydrogens (primary N) is 1. The van der Waals surface area contributed by atoms with Crippen molar-refractivity contribution in [3.63, 3.8) is 0 Å². The van der Waals surface area contributed by atoms with E-state index in [4.69, 9.17) is 10.8 Å². The lowest BCUT2D eigenvalue weighted by atomic mass is 10.00. The molecule has 0 aromatic heterocycles. The van der Waals surface area contributed by atoms with Crippen LogP contribution in [0.3, 0.4) is 0 Å². The van der Waals surface area contributed by atoms with Crippen molar-refractivity contribution in [2.45, 2.75) is 26.3 Å². The van der Waals surface area contributed by atoms with Gasteiger partial charge in [-0.2, -0.15) is 0 Å². The number of carboxylic acid groups (broad SMARTS) is 1. The molecule has 0 aliphatic carbocycles. The Bertz CT molecular complexity index is 101. The lowest BCUT2D eigenvalue weighted by Crippen LogP contribution is -2.32. The molecule has 0 aliphatic heterocycles. The van der Waals surface area contributed by atoms with Gasteiger partial charge in [0.15, 0.2) is 0 Å². The predicted molar refractivity (Wildman–Crippen MR) is 35.1 cm³/mol. The van der Waals surface area contributed by atoms with Crippen molar-refractivity contribution in [2.75, 3.05) is 0 Å². The number of carboxylic acids is 1. The summed E-state index contributed by atoms with van der Waals surface area (Å²) in [6, 6.07) is -0.243. The van der Waals surface area contributed by atoms with Crippen LogP contribution in [-0.4, -0.2) is 17.1 Å². The monoisotopic (exact) mass is 131 g/mol. The molecule has 3 nitrogen and oxygen atoms in total. The van der Waals surface area contributed by atoms with Gasteiger partial charge in [0.1, 0.15) is 0 Å². The van der Waals surface area contributed by atoms with Gasteiger partial charge in [0.25, 0.3) is 0 Å². The van der Waals surface area contributed by atoms with Crippen molar-refractivity contribution < 1.29 is 9.90 Å². The molecule has 0 bridgehead atoms. The minimum absolute atomic E-state index is 0.243.